The van der Waals surface area contributed by atoms with Crippen molar-refractivity contribution < 1.29 is 19.0 Å². The third-order valence-electron chi connectivity index (χ3n) is 5.31. The Morgan fingerprint density at radius 1 is 0.943 bits per heavy atom. The quantitative estimate of drug-likeness (QED) is 0.234. The maximum atomic E-state index is 13.0. The van der Waals surface area contributed by atoms with E-state index in [4.69, 9.17) is 9.26 Å². The zero-order valence-corrected chi connectivity index (χ0v) is 18.9. The summed E-state index contributed by atoms with van der Waals surface area (Å²) >= 11 is 0. The van der Waals surface area contributed by atoms with Crippen molar-refractivity contribution in [3.8, 4) is 11.4 Å². The van der Waals surface area contributed by atoms with Crippen molar-refractivity contribution in [2.45, 2.75) is 19.6 Å². The minimum atomic E-state index is -0.465. The Kier molecular flexibility index (Phi) is 7.92. The standard InChI is InChI=1S/C26H24N4O5/c31-25(19-34-18-21-9-5-2-6-10-21)29(17-20-7-3-1-4-8-20)16-15-24-27-26(28-35-24)22-11-13-23(14-12-22)30(32)33/h1-14H,15-19H2. The average molecular weight is 473 g/mol. The number of non-ortho nitro benzene ring substituents is 1. The summed E-state index contributed by atoms with van der Waals surface area (Å²) in [5, 5.41) is 14.8. The second-order valence-corrected chi connectivity index (χ2v) is 7.84. The van der Waals surface area contributed by atoms with E-state index in [0.29, 0.717) is 43.4 Å². The molecule has 0 saturated carbocycles. The van der Waals surface area contributed by atoms with Crippen LogP contribution >= 0.6 is 0 Å². The molecule has 4 rings (SSSR count). The van der Waals surface area contributed by atoms with E-state index in [9.17, 15) is 14.9 Å². The van der Waals surface area contributed by atoms with E-state index in [0.717, 1.165) is 11.1 Å². The molecule has 0 fully saturated rings. The summed E-state index contributed by atoms with van der Waals surface area (Å²) in [4.78, 5) is 29.4. The molecule has 0 radical (unpaired) electrons. The fourth-order valence-electron chi connectivity index (χ4n) is 3.45. The molecule has 4 aromatic rings. The number of aromatic nitrogens is 2. The molecule has 1 aromatic heterocycles. The smallest absolute Gasteiger partial charge is 0.269 e. The molecule has 0 aliphatic carbocycles. The Hall–Kier alpha value is -4.37. The monoisotopic (exact) mass is 472 g/mol. The summed E-state index contributed by atoms with van der Waals surface area (Å²) in [7, 11) is 0. The molecule has 178 valence electrons. The van der Waals surface area contributed by atoms with Gasteiger partial charge in [0.1, 0.15) is 6.61 Å². The van der Waals surface area contributed by atoms with Gasteiger partial charge in [-0.15, -0.1) is 0 Å². The van der Waals surface area contributed by atoms with Crippen molar-refractivity contribution >= 4 is 11.6 Å². The number of nitro groups is 1. The van der Waals surface area contributed by atoms with Gasteiger partial charge in [-0.2, -0.15) is 4.98 Å². The molecule has 9 heteroatoms. The lowest BCUT2D eigenvalue weighted by Gasteiger charge is -2.22. The Morgan fingerprint density at radius 2 is 1.60 bits per heavy atom. The Bertz CT molecular complexity index is 1240. The fourth-order valence-corrected chi connectivity index (χ4v) is 3.45. The average Bonchev–Trinajstić information content (AvgIpc) is 3.37. The van der Waals surface area contributed by atoms with Gasteiger partial charge in [-0.25, -0.2) is 0 Å². The summed E-state index contributed by atoms with van der Waals surface area (Å²) < 4.78 is 11.0. The summed E-state index contributed by atoms with van der Waals surface area (Å²) in [6.45, 7) is 1.11. The molecule has 0 N–H and O–H groups in total. The van der Waals surface area contributed by atoms with Crippen molar-refractivity contribution in [2.24, 2.45) is 0 Å². The van der Waals surface area contributed by atoms with Crippen LogP contribution in [0.25, 0.3) is 11.4 Å². The second kappa shape index (κ2) is 11.7. The molecular weight excluding hydrogens is 448 g/mol. The normalized spacial score (nSPS) is 10.7. The van der Waals surface area contributed by atoms with Gasteiger partial charge in [0.05, 0.1) is 11.5 Å². The number of nitro benzene ring substituents is 1. The van der Waals surface area contributed by atoms with Crippen LogP contribution < -0.4 is 0 Å². The van der Waals surface area contributed by atoms with E-state index >= 15 is 0 Å². The molecule has 0 aliphatic rings. The molecule has 9 nitrogen and oxygen atoms in total. The molecule has 0 bridgehead atoms. The largest absolute Gasteiger partial charge is 0.367 e. The number of carbonyl (C=O) groups is 1. The number of amides is 1. The highest BCUT2D eigenvalue weighted by Crippen LogP contribution is 2.20. The predicted molar refractivity (Wildman–Crippen MR) is 128 cm³/mol. The number of rotatable bonds is 11. The molecule has 35 heavy (non-hydrogen) atoms. The number of hydrogen-bond acceptors (Lipinski definition) is 7. The van der Waals surface area contributed by atoms with Gasteiger partial charge in [0.25, 0.3) is 5.69 Å². The van der Waals surface area contributed by atoms with Crippen LogP contribution in [0.4, 0.5) is 5.69 Å². The van der Waals surface area contributed by atoms with Crippen LogP contribution in [0.1, 0.15) is 17.0 Å². The van der Waals surface area contributed by atoms with Gasteiger partial charge in [-0.1, -0.05) is 65.8 Å². The third kappa shape index (κ3) is 6.81. The van der Waals surface area contributed by atoms with Gasteiger partial charge in [0, 0.05) is 37.2 Å². The Morgan fingerprint density at radius 3 is 2.26 bits per heavy atom. The van der Waals surface area contributed by atoms with E-state index in [-0.39, 0.29) is 18.2 Å². The maximum absolute atomic E-state index is 13.0. The summed E-state index contributed by atoms with van der Waals surface area (Å²) in [6.07, 6.45) is 0.358. The van der Waals surface area contributed by atoms with Crippen molar-refractivity contribution in [1.29, 1.82) is 0 Å². The molecule has 0 saturated heterocycles. The minimum Gasteiger partial charge on any atom is -0.367 e. The number of nitrogens with zero attached hydrogens (tertiary/aromatic N) is 4. The van der Waals surface area contributed by atoms with Crippen LogP contribution in [-0.4, -0.2) is 39.0 Å². The lowest BCUT2D eigenvalue weighted by molar-refractivity contribution is -0.384. The van der Waals surface area contributed by atoms with Crippen LogP contribution in [0.5, 0.6) is 0 Å². The SMILES string of the molecule is O=C(COCc1ccccc1)N(CCc1nc(-c2ccc([N+](=O)[O-])cc2)no1)Cc1ccccc1. The van der Waals surface area contributed by atoms with Gasteiger partial charge in [-0.05, 0) is 23.3 Å². The minimum absolute atomic E-state index is 0.0120. The maximum Gasteiger partial charge on any atom is 0.269 e. The molecule has 1 amide bonds. The highest BCUT2D eigenvalue weighted by atomic mass is 16.6. The second-order valence-electron chi connectivity index (χ2n) is 7.84. The molecule has 0 unspecified atom stereocenters. The zero-order chi connectivity index (χ0) is 24.5. The number of benzene rings is 3. The van der Waals surface area contributed by atoms with Crippen molar-refractivity contribution in [3.63, 3.8) is 0 Å². The zero-order valence-electron chi connectivity index (χ0n) is 18.9. The summed E-state index contributed by atoms with van der Waals surface area (Å²) in [6, 6.07) is 25.3. The lowest BCUT2D eigenvalue weighted by atomic mass is 10.2. The van der Waals surface area contributed by atoms with Crippen molar-refractivity contribution in [2.75, 3.05) is 13.2 Å². The lowest BCUT2D eigenvalue weighted by Crippen LogP contribution is -2.35. The Labute approximate surface area is 202 Å². The van der Waals surface area contributed by atoms with Crippen LogP contribution in [-0.2, 0) is 29.1 Å². The summed E-state index contributed by atoms with van der Waals surface area (Å²) in [5.41, 5.74) is 2.60. The summed E-state index contributed by atoms with van der Waals surface area (Å²) in [5.74, 6) is 0.566. The molecule has 1 heterocycles. The number of ether oxygens (including phenoxy) is 1. The molecular formula is C26H24N4O5. The highest BCUT2D eigenvalue weighted by molar-refractivity contribution is 5.77. The van der Waals surface area contributed by atoms with Gasteiger partial charge in [0.2, 0.25) is 17.6 Å². The fraction of sp³-hybridized carbons (Fsp3) is 0.192. The first kappa shape index (κ1) is 23.8. The van der Waals surface area contributed by atoms with E-state index in [1.165, 1.54) is 12.1 Å². The topological polar surface area (TPSA) is 112 Å². The van der Waals surface area contributed by atoms with Crippen molar-refractivity contribution in [3.05, 3.63) is 112 Å². The van der Waals surface area contributed by atoms with E-state index < -0.39 is 4.92 Å². The van der Waals surface area contributed by atoms with Crippen LogP contribution in [0.15, 0.2) is 89.5 Å². The first-order valence-corrected chi connectivity index (χ1v) is 11.1. The van der Waals surface area contributed by atoms with Crippen molar-refractivity contribution in [1.82, 2.24) is 15.0 Å². The first-order valence-electron chi connectivity index (χ1n) is 11.1. The van der Waals surface area contributed by atoms with Crippen LogP contribution in [0.2, 0.25) is 0 Å². The van der Waals surface area contributed by atoms with Gasteiger partial charge in [-0.3, -0.25) is 14.9 Å². The molecule has 3 aromatic carbocycles. The molecule has 0 aliphatic heterocycles. The Balaban J connectivity index is 1.38. The predicted octanol–water partition coefficient (Wildman–Crippen LogP) is 4.43. The van der Waals surface area contributed by atoms with Gasteiger partial charge >= 0.3 is 0 Å². The van der Waals surface area contributed by atoms with Gasteiger partial charge < -0.3 is 14.2 Å². The van der Waals surface area contributed by atoms with Crippen LogP contribution in [0, 0.1) is 10.1 Å². The van der Waals surface area contributed by atoms with E-state index in [2.05, 4.69) is 10.1 Å². The molecule has 0 spiro atoms. The first-order chi connectivity index (χ1) is 17.1. The third-order valence-corrected chi connectivity index (χ3v) is 5.31. The van der Waals surface area contributed by atoms with Crippen LogP contribution in [0.3, 0.4) is 0 Å². The van der Waals surface area contributed by atoms with E-state index in [1.807, 2.05) is 60.7 Å². The molecule has 0 atom stereocenters. The number of hydrogen-bond donors (Lipinski definition) is 0. The van der Waals surface area contributed by atoms with E-state index in [1.54, 1.807) is 17.0 Å². The van der Waals surface area contributed by atoms with Gasteiger partial charge in [0.15, 0.2) is 0 Å². The highest BCUT2D eigenvalue weighted by Gasteiger charge is 2.17. The number of carbonyl (C=O) groups excluding carboxylic acids is 1.